The molecule has 0 amide bonds. The molecular weight excluding hydrogens is 290 g/mol. The minimum absolute atomic E-state index is 0.352. The topological polar surface area (TPSA) is 62.7 Å². The molecule has 0 aliphatic carbocycles. The largest absolute Gasteiger partial charge is 0.481 e. The van der Waals surface area contributed by atoms with Crippen molar-refractivity contribution in [3.63, 3.8) is 0 Å². The van der Waals surface area contributed by atoms with Crippen LogP contribution in [0.5, 0.6) is 5.88 Å². The standard InChI is InChI=1S/C14H23N3O3S/c1-12(2)21(18,19)17-8-6-16(7-9-17)11-13-4-5-14(20-3)15-10-13/h4-5,10,12H,6-9,11H2,1-3H3. The van der Waals surface area contributed by atoms with Crippen molar-refractivity contribution in [1.29, 1.82) is 0 Å². The lowest BCUT2D eigenvalue weighted by Gasteiger charge is -2.34. The Morgan fingerprint density at radius 1 is 1.24 bits per heavy atom. The Morgan fingerprint density at radius 3 is 2.38 bits per heavy atom. The zero-order chi connectivity index (χ0) is 15.5. The Morgan fingerprint density at radius 2 is 1.90 bits per heavy atom. The lowest BCUT2D eigenvalue weighted by atomic mass is 10.2. The van der Waals surface area contributed by atoms with Gasteiger partial charge in [0, 0.05) is 45.0 Å². The fourth-order valence-corrected chi connectivity index (χ4v) is 3.59. The van der Waals surface area contributed by atoms with Crippen LogP contribution < -0.4 is 4.74 Å². The first kappa shape index (κ1) is 16.2. The lowest BCUT2D eigenvalue weighted by molar-refractivity contribution is 0.181. The van der Waals surface area contributed by atoms with Crippen molar-refractivity contribution >= 4 is 10.0 Å². The van der Waals surface area contributed by atoms with Crippen molar-refractivity contribution in [2.24, 2.45) is 0 Å². The monoisotopic (exact) mass is 313 g/mol. The summed E-state index contributed by atoms with van der Waals surface area (Å²) in [6.07, 6.45) is 1.80. The second-order valence-corrected chi connectivity index (χ2v) is 7.97. The van der Waals surface area contributed by atoms with E-state index in [-0.39, 0.29) is 5.25 Å². The Labute approximate surface area is 126 Å². The number of piperazine rings is 1. The van der Waals surface area contributed by atoms with Gasteiger partial charge >= 0.3 is 0 Å². The van der Waals surface area contributed by atoms with Gasteiger partial charge in [0.25, 0.3) is 0 Å². The average molecular weight is 313 g/mol. The first-order valence-electron chi connectivity index (χ1n) is 7.13. The third-order valence-corrected chi connectivity index (χ3v) is 5.98. The SMILES string of the molecule is COc1ccc(CN2CCN(S(=O)(=O)C(C)C)CC2)cn1. The van der Waals surface area contributed by atoms with Crippen LogP contribution in [0, 0.1) is 0 Å². The molecule has 1 aromatic heterocycles. The van der Waals surface area contributed by atoms with E-state index in [4.69, 9.17) is 4.74 Å². The molecule has 0 N–H and O–H groups in total. The van der Waals surface area contributed by atoms with E-state index < -0.39 is 10.0 Å². The van der Waals surface area contributed by atoms with E-state index in [1.54, 1.807) is 31.5 Å². The molecule has 0 saturated carbocycles. The molecule has 0 spiro atoms. The third-order valence-electron chi connectivity index (χ3n) is 3.70. The van der Waals surface area contributed by atoms with Gasteiger partial charge in [-0.2, -0.15) is 4.31 Å². The van der Waals surface area contributed by atoms with Crippen LogP contribution in [0.4, 0.5) is 0 Å². The molecule has 0 atom stereocenters. The van der Waals surface area contributed by atoms with Crippen molar-refractivity contribution < 1.29 is 13.2 Å². The minimum atomic E-state index is -3.13. The van der Waals surface area contributed by atoms with Gasteiger partial charge in [0.1, 0.15) is 0 Å². The minimum Gasteiger partial charge on any atom is -0.481 e. The fraction of sp³-hybridized carbons (Fsp3) is 0.643. The molecule has 0 radical (unpaired) electrons. The summed E-state index contributed by atoms with van der Waals surface area (Å²) in [5.41, 5.74) is 1.11. The van der Waals surface area contributed by atoms with E-state index >= 15 is 0 Å². The van der Waals surface area contributed by atoms with Crippen molar-refractivity contribution in [2.45, 2.75) is 25.6 Å². The van der Waals surface area contributed by atoms with Crippen molar-refractivity contribution in [3.8, 4) is 5.88 Å². The molecule has 0 bridgehead atoms. The van der Waals surface area contributed by atoms with Gasteiger partial charge in [0.05, 0.1) is 12.4 Å². The zero-order valence-corrected chi connectivity index (χ0v) is 13.6. The Kier molecular flexibility index (Phi) is 5.18. The molecule has 2 rings (SSSR count). The summed E-state index contributed by atoms with van der Waals surface area (Å²) in [5, 5.41) is -0.352. The maximum absolute atomic E-state index is 12.1. The predicted octanol–water partition coefficient (Wildman–Crippen LogP) is 0.946. The van der Waals surface area contributed by atoms with Crippen LogP contribution >= 0.6 is 0 Å². The normalized spacial score (nSPS) is 18.1. The third kappa shape index (κ3) is 3.93. The lowest BCUT2D eigenvalue weighted by Crippen LogP contribution is -2.49. The highest BCUT2D eigenvalue weighted by atomic mass is 32.2. The second kappa shape index (κ2) is 6.72. The van der Waals surface area contributed by atoms with Crippen LogP contribution in [0.1, 0.15) is 19.4 Å². The van der Waals surface area contributed by atoms with E-state index in [1.165, 1.54) is 0 Å². The summed E-state index contributed by atoms with van der Waals surface area (Å²) in [7, 11) is -1.53. The molecule has 1 aliphatic heterocycles. The first-order chi connectivity index (χ1) is 9.93. The molecule has 0 aromatic carbocycles. The summed E-state index contributed by atoms with van der Waals surface area (Å²) < 4.78 is 30.8. The van der Waals surface area contributed by atoms with Gasteiger partial charge in [-0.1, -0.05) is 6.07 Å². The number of hydrogen-bond donors (Lipinski definition) is 0. The quantitative estimate of drug-likeness (QED) is 0.810. The second-order valence-electron chi connectivity index (χ2n) is 5.48. The molecule has 2 heterocycles. The summed E-state index contributed by atoms with van der Waals surface area (Å²) in [5.74, 6) is 0.603. The van der Waals surface area contributed by atoms with E-state index in [2.05, 4.69) is 9.88 Å². The molecule has 1 aliphatic rings. The van der Waals surface area contributed by atoms with Crippen LogP contribution in [-0.4, -0.2) is 61.1 Å². The Balaban J connectivity index is 1.89. The van der Waals surface area contributed by atoms with Gasteiger partial charge in [-0.3, -0.25) is 4.90 Å². The number of nitrogens with zero attached hydrogens (tertiary/aromatic N) is 3. The van der Waals surface area contributed by atoms with Crippen molar-refractivity contribution in [2.75, 3.05) is 33.3 Å². The van der Waals surface area contributed by atoms with Gasteiger partial charge < -0.3 is 4.74 Å². The smallest absolute Gasteiger partial charge is 0.216 e. The van der Waals surface area contributed by atoms with Crippen LogP contribution in [-0.2, 0) is 16.6 Å². The highest BCUT2D eigenvalue weighted by molar-refractivity contribution is 7.89. The van der Waals surface area contributed by atoms with Crippen LogP contribution in [0.15, 0.2) is 18.3 Å². The number of aromatic nitrogens is 1. The van der Waals surface area contributed by atoms with Crippen molar-refractivity contribution in [1.82, 2.24) is 14.2 Å². The number of pyridine rings is 1. The molecule has 1 saturated heterocycles. The molecular formula is C14H23N3O3S. The summed E-state index contributed by atoms with van der Waals surface area (Å²) in [6.45, 7) is 6.85. The number of methoxy groups -OCH3 is 1. The van der Waals surface area contributed by atoms with E-state index in [1.807, 2.05) is 12.1 Å². The Hall–Kier alpha value is -1.18. The van der Waals surface area contributed by atoms with Crippen LogP contribution in [0.2, 0.25) is 0 Å². The average Bonchev–Trinajstić information content (AvgIpc) is 2.48. The number of rotatable bonds is 5. The predicted molar refractivity (Wildman–Crippen MR) is 81.7 cm³/mol. The molecule has 7 heteroatoms. The molecule has 21 heavy (non-hydrogen) atoms. The summed E-state index contributed by atoms with van der Waals surface area (Å²) in [6, 6.07) is 3.83. The number of sulfonamides is 1. The number of ether oxygens (including phenoxy) is 1. The first-order valence-corrected chi connectivity index (χ1v) is 8.64. The van der Waals surface area contributed by atoms with Crippen LogP contribution in [0.3, 0.4) is 0 Å². The molecule has 1 aromatic rings. The molecule has 0 unspecified atom stereocenters. The summed E-state index contributed by atoms with van der Waals surface area (Å²) >= 11 is 0. The van der Waals surface area contributed by atoms with Gasteiger partial charge in [-0.25, -0.2) is 13.4 Å². The number of hydrogen-bond acceptors (Lipinski definition) is 5. The van der Waals surface area contributed by atoms with Gasteiger partial charge in [0.15, 0.2) is 0 Å². The molecule has 118 valence electrons. The van der Waals surface area contributed by atoms with Crippen LogP contribution in [0.25, 0.3) is 0 Å². The Bertz CT molecular complexity index is 549. The molecule has 1 fully saturated rings. The van der Waals surface area contributed by atoms with Gasteiger partial charge in [-0.15, -0.1) is 0 Å². The van der Waals surface area contributed by atoms with E-state index in [0.29, 0.717) is 19.0 Å². The van der Waals surface area contributed by atoms with Crippen molar-refractivity contribution in [3.05, 3.63) is 23.9 Å². The zero-order valence-electron chi connectivity index (χ0n) is 12.8. The fourth-order valence-electron chi connectivity index (χ4n) is 2.32. The van der Waals surface area contributed by atoms with Gasteiger partial charge in [-0.05, 0) is 19.4 Å². The van der Waals surface area contributed by atoms with E-state index in [0.717, 1.165) is 25.2 Å². The molecule has 6 nitrogen and oxygen atoms in total. The van der Waals surface area contributed by atoms with E-state index in [9.17, 15) is 8.42 Å². The van der Waals surface area contributed by atoms with Gasteiger partial charge in [0.2, 0.25) is 15.9 Å². The summed E-state index contributed by atoms with van der Waals surface area (Å²) in [4.78, 5) is 6.43. The highest BCUT2D eigenvalue weighted by Crippen LogP contribution is 2.15. The maximum Gasteiger partial charge on any atom is 0.216 e. The highest BCUT2D eigenvalue weighted by Gasteiger charge is 2.29. The maximum atomic E-state index is 12.1.